The van der Waals surface area contributed by atoms with E-state index in [0.717, 1.165) is 41.9 Å². The molecule has 6 nitrogen and oxygen atoms in total. The Balaban J connectivity index is 1.60. The number of nitrogens with zero attached hydrogens (tertiary/aromatic N) is 4. The van der Waals surface area contributed by atoms with Crippen molar-refractivity contribution in [3.8, 4) is 0 Å². The van der Waals surface area contributed by atoms with Crippen LogP contribution < -0.4 is 5.32 Å². The molecule has 1 aromatic heterocycles. The summed E-state index contributed by atoms with van der Waals surface area (Å²) in [6, 6.07) is 4.34. The largest absolute Gasteiger partial charge is 0.310 e. The average Bonchev–Trinajstić information content (AvgIpc) is 3.53. The lowest BCUT2D eigenvalue weighted by Crippen LogP contribution is -2.37. The maximum Gasteiger partial charge on any atom is 0.247 e. The van der Waals surface area contributed by atoms with Crippen LogP contribution in [0.15, 0.2) is 52.4 Å². The second-order valence-electron chi connectivity index (χ2n) is 7.97. The number of aliphatic imine (C=N–C) groups is 1. The normalized spacial score (nSPS) is 18.5. The van der Waals surface area contributed by atoms with Crippen LogP contribution >= 0.6 is 0 Å². The number of rotatable bonds is 7. The van der Waals surface area contributed by atoms with Gasteiger partial charge in [0, 0.05) is 23.4 Å². The molecule has 2 saturated carbocycles. The maximum absolute atomic E-state index is 12.7. The van der Waals surface area contributed by atoms with Gasteiger partial charge in [-0.25, -0.2) is 4.99 Å². The SMILES string of the molecule is C=C(/N=C\C=C/C)NC(=O)CN1N=C(CC)c2nc(C3CC3)ccc2C1=C1CCC1. The van der Waals surface area contributed by atoms with E-state index in [1.165, 1.54) is 30.5 Å². The van der Waals surface area contributed by atoms with E-state index >= 15 is 0 Å². The Bertz CT molecular complexity index is 975. The summed E-state index contributed by atoms with van der Waals surface area (Å²) < 4.78 is 0. The second kappa shape index (κ2) is 8.78. The van der Waals surface area contributed by atoms with E-state index in [2.05, 4.69) is 35.9 Å². The molecule has 3 aliphatic rings. The van der Waals surface area contributed by atoms with Crippen LogP contribution in [0.2, 0.25) is 0 Å². The first-order valence-corrected chi connectivity index (χ1v) is 10.8. The van der Waals surface area contributed by atoms with Gasteiger partial charge in [0.2, 0.25) is 5.91 Å². The number of nitrogens with one attached hydrogen (secondary N) is 1. The zero-order chi connectivity index (χ0) is 21.1. The summed E-state index contributed by atoms with van der Waals surface area (Å²) in [7, 11) is 0. The molecule has 2 heterocycles. The van der Waals surface area contributed by atoms with Crippen molar-refractivity contribution < 1.29 is 4.79 Å². The van der Waals surface area contributed by atoms with E-state index in [1.54, 1.807) is 12.3 Å². The summed E-state index contributed by atoms with van der Waals surface area (Å²) in [4.78, 5) is 21.8. The monoisotopic (exact) mass is 403 g/mol. The highest BCUT2D eigenvalue weighted by atomic mass is 16.2. The summed E-state index contributed by atoms with van der Waals surface area (Å²) in [6.45, 7) is 7.92. The Morgan fingerprint density at radius 3 is 2.80 bits per heavy atom. The Labute approximate surface area is 178 Å². The van der Waals surface area contributed by atoms with E-state index in [4.69, 9.17) is 10.1 Å². The van der Waals surface area contributed by atoms with Crippen LogP contribution in [0.1, 0.15) is 75.2 Å². The standard InChI is InChI=1S/C24H29N5O/c1-4-6-14-25-16(3)26-22(30)15-29-24(18-8-7-9-18)19-12-13-21(17-10-11-17)27-23(19)20(5-2)28-29/h4,6,12-14,17H,3,5,7-11,15H2,1-2H3,(H,26,30)/b6-4-,25-14-. The van der Waals surface area contributed by atoms with Crippen LogP contribution in [-0.2, 0) is 4.79 Å². The quantitative estimate of drug-likeness (QED) is 0.681. The van der Waals surface area contributed by atoms with E-state index in [1.807, 2.05) is 18.0 Å². The zero-order valence-electron chi connectivity index (χ0n) is 17.8. The minimum absolute atomic E-state index is 0.129. The van der Waals surface area contributed by atoms with Gasteiger partial charge in [-0.05, 0) is 69.2 Å². The molecule has 156 valence electrons. The van der Waals surface area contributed by atoms with Crippen molar-refractivity contribution in [1.82, 2.24) is 15.3 Å². The lowest BCUT2D eigenvalue weighted by atomic mass is 9.86. The summed E-state index contributed by atoms with van der Waals surface area (Å²) in [5.41, 5.74) is 6.63. The number of allylic oxidation sites excluding steroid dienone is 3. The van der Waals surface area contributed by atoms with Crippen molar-refractivity contribution >= 4 is 23.5 Å². The Morgan fingerprint density at radius 1 is 1.37 bits per heavy atom. The predicted molar refractivity (Wildman–Crippen MR) is 121 cm³/mol. The fourth-order valence-electron chi connectivity index (χ4n) is 3.78. The number of pyridine rings is 1. The lowest BCUT2D eigenvalue weighted by molar-refractivity contribution is -0.120. The first-order chi connectivity index (χ1) is 14.6. The molecule has 0 bridgehead atoms. The fourth-order valence-corrected chi connectivity index (χ4v) is 3.78. The van der Waals surface area contributed by atoms with Crippen LogP contribution in [0.5, 0.6) is 0 Å². The van der Waals surface area contributed by atoms with Crippen LogP contribution in [0, 0.1) is 0 Å². The van der Waals surface area contributed by atoms with Crippen LogP contribution in [0.25, 0.3) is 5.70 Å². The Kier molecular flexibility index (Phi) is 5.93. The molecule has 2 fully saturated rings. The molecule has 0 saturated heterocycles. The van der Waals surface area contributed by atoms with Gasteiger partial charge in [-0.1, -0.05) is 19.6 Å². The van der Waals surface area contributed by atoms with Gasteiger partial charge in [0.1, 0.15) is 12.4 Å². The predicted octanol–water partition coefficient (Wildman–Crippen LogP) is 4.52. The molecule has 0 atom stereocenters. The van der Waals surface area contributed by atoms with Gasteiger partial charge in [0.15, 0.2) is 0 Å². The number of amides is 1. The second-order valence-corrected chi connectivity index (χ2v) is 7.97. The number of fused-ring (bicyclic) bond motifs is 1. The summed E-state index contributed by atoms with van der Waals surface area (Å²) in [5, 5.41) is 9.47. The first kappa shape index (κ1) is 20.3. The molecule has 1 amide bonds. The molecular formula is C24H29N5O. The summed E-state index contributed by atoms with van der Waals surface area (Å²) >= 11 is 0. The first-order valence-electron chi connectivity index (χ1n) is 10.8. The topological polar surface area (TPSA) is 70.0 Å². The highest BCUT2D eigenvalue weighted by molar-refractivity contribution is 6.05. The minimum atomic E-state index is -0.180. The number of carbonyl (C=O) groups is 1. The molecule has 2 aliphatic carbocycles. The third kappa shape index (κ3) is 4.27. The van der Waals surface area contributed by atoms with E-state index in [9.17, 15) is 4.79 Å². The number of hydrazone groups is 1. The van der Waals surface area contributed by atoms with Crippen molar-refractivity contribution in [1.29, 1.82) is 0 Å². The molecular weight excluding hydrogens is 374 g/mol. The number of carbonyl (C=O) groups excluding carboxylic acids is 1. The molecule has 0 spiro atoms. The summed E-state index contributed by atoms with van der Waals surface area (Å²) in [5.74, 6) is 0.746. The van der Waals surface area contributed by atoms with Crippen LogP contribution in [0.3, 0.4) is 0 Å². The molecule has 30 heavy (non-hydrogen) atoms. The Hall–Kier alpha value is -3.02. The van der Waals surface area contributed by atoms with E-state index < -0.39 is 0 Å². The van der Waals surface area contributed by atoms with E-state index in [0.29, 0.717) is 11.7 Å². The van der Waals surface area contributed by atoms with Gasteiger partial charge in [0.05, 0.1) is 17.1 Å². The molecule has 1 N–H and O–H groups in total. The van der Waals surface area contributed by atoms with Crippen molar-refractivity contribution in [3.05, 3.63) is 59.2 Å². The fraction of sp³-hybridized carbons (Fsp3) is 0.417. The van der Waals surface area contributed by atoms with Gasteiger partial charge in [0.25, 0.3) is 0 Å². The van der Waals surface area contributed by atoms with Gasteiger partial charge in [-0.3, -0.25) is 14.8 Å². The highest BCUT2D eigenvalue weighted by Crippen LogP contribution is 2.42. The minimum Gasteiger partial charge on any atom is -0.310 e. The van der Waals surface area contributed by atoms with Gasteiger partial charge < -0.3 is 5.32 Å². The molecule has 0 aromatic carbocycles. The van der Waals surface area contributed by atoms with Gasteiger partial charge in [-0.2, -0.15) is 5.10 Å². The van der Waals surface area contributed by atoms with E-state index in [-0.39, 0.29) is 12.5 Å². The third-order valence-electron chi connectivity index (χ3n) is 5.65. The zero-order valence-corrected chi connectivity index (χ0v) is 17.8. The lowest BCUT2D eigenvalue weighted by Gasteiger charge is -2.34. The van der Waals surface area contributed by atoms with Crippen LogP contribution in [0.4, 0.5) is 0 Å². The number of aromatic nitrogens is 1. The molecule has 6 heteroatoms. The smallest absolute Gasteiger partial charge is 0.247 e. The van der Waals surface area contributed by atoms with Gasteiger partial charge in [-0.15, -0.1) is 0 Å². The maximum atomic E-state index is 12.7. The number of hydrogen-bond donors (Lipinski definition) is 1. The van der Waals surface area contributed by atoms with Gasteiger partial charge >= 0.3 is 0 Å². The summed E-state index contributed by atoms with van der Waals surface area (Å²) in [6.07, 6.45) is 11.8. The highest BCUT2D eigenvalue weighted by Gasteiger charge is 2.32. The average molecular weight is 404 g/mol. The van der Waals surface area contributed by atoms with Crippen molar-refractivity contribution in [2.24, 2.45) is 10.1 Å². The van der Waals surface area contributed by atoms with Crippen molar-refractivity contribution in [2.45, 2.75) is 58.3 Å². The molecule has 4 rings (SSSR count). The number of hydrogen-bond acceptors (Lipinski definition) is 5. The molecule has 0 radical (unpaired) electrons. The molecule has 0 unspecified atom stereocenters. The van der Waals surface area contributed by atoms with Crippen molar-refractivity contribution in [3.63, 3.8) is 0 Å². The molecule has 1 aliphatic heterocycles. The van der Waals surface area contributed by atoms with Crippen LogP contribution in [-0.4, -0.2) is 34.4 Å². The third-order valence-corrected chi connectivity index (χ3v) is 5.65. The van der Waals surface area contributed by atoms with Crippen molar-refractivity contribution in [2.75, 3.05) is 6.54 Å². The molecule has 1 aromatic rings. The Morgan fingerprint density at radius 2 is 2.17 bits per heavy atom.